The Kier molecular flexibility index (Phi) is 4.70. The highest BCUT2D eigenvalue weighted by molar-refractivity contribution is 7.09. The molecule has 0 aliphatic carbocycles. The van der Waals surface area contributed by atoms with Crippen LogP contribution in [0.2, 0.25) is 0 Å². The molecule has 2 atom stereocenters. The van der Waals surface area contributed by atoms with Gasteiger partial charge in [-0.25, -0.2) is 8.78 Å². The Labute approximate surface area is 145 Å². The van der Waals surface area contributed by atoms with Crippen LogP contribution in [0, 0.1) is 17.5 Å². The van der Waals surface area contributed by atoms with Gasteiger partial charge in [-0.3, -0.25) is 4.79 Å². The lowest BCUT2D eigenvalue weighted by molar-refractivity contribution is -0.0587. The summed E-state index contributed by atoms with van der Waals surface area (Å²) in [6.07, 6.45) is -0.238. The van der Waals surface area contributed by atoms with E-state index in [0.717, 1.165) is 11.5 Å². The molecule has 0 saturated carbocycles. The van der Waals surface area contributed by atoms with E-state index in [1.807, 2.05) is 13.8 Å². The maximum atomic E-state index is 14.0. The number of nitrogens with zero attached hydrogens (tertiary/aromatic N) is 2. The van der Waals surface area contributed by atoms with Gasteiger partial charge in [-0.2, -0.15) is 8.76 Å². The number of rotatable bonds is 2. The summed E-state index contributed by atoms with van der Waals surface area (Å²) in [6.45, 7) is 4.50. The molecule has 5 nitrogen and oxygen atoms in total. The largest absolute Gasteiger partial charge is 0.503 e. The van der Waals surface area contributed by atoms with Gasteiger partial charge < -0.3 is 14.7 Å². The van der Waals surface area contributed by atoms with Crippen LogP contribution in [-0.2, 0) is 4.74 Å². The van der Waals surface area contributed by atoms with Crippen LogP contribution in [0.25, 0.3) is 10.4 Å². The van der Waals surface area contributed by atoms with E-state index in [1.165, 1.54) is 6.07 Å². The van der Waals surface area contributed by atoms with E-state index in [1.54, 1.807) is 4.90 Å². The minimum Gasteiger partial charge on any atom is -0.503 e. The molecular formula is C16H15F3N2O3S. The predicted molar refractivity (Wildman–Crippen MR) is 85.0 cm³/mol. The summed E-state index contributed by atoms with van der Waals surface area (Å²) in [5, 5.41) is 9.31. The van der Waals surface area contributed by atoms with Gasteiger partial charge in [0.15, 0.2) is 17.4 Å². The first kappa shape index (κ1) is 17.7. The van der Waals surface area contributed by atoms with E-state index in [2.05, 4.69) is 4.37 Å². The number of phenols is 1. The van der Waals surface area contributed by atoms with Crippen molar-refractivity contribution in [2.24, 2.45) is 0 Å². The molecule has 9 heteroatoms. The topological polar surface area (TPSA) is 62.7 Å². The van der Waals surface area contributed by atoms with Gasteiger partial charge in [0.25, 0.3) is 5.91 Å². The first-order valence-corrected chi connectivity index (χ1v) is 8.33. The molecule has 2 aromatic rings. The highest BCUT2D eigenvalue weighted by Crippen LogP contribution is 2.35. The molecule has 1 aromatic carbocycles. The van der Waals surface area contributed by atoms with Crippen LogP contribution in [0.5, 0.6) is 5.75 Å². The second kappa shape index (κ2) is 6.64. The van der Waals surface area contributed by atoms with Crippen molar-refractivity contribution in [3.05, 3.63) is 35.3 Å². The van der Waals surface area contributed by atoms with Gasteiger partial charge in [-0.1, -0.05) is 0 Å². The van der Waals surface area contributed by atoms with Crippen LogP contribution in [-0.4, -0.2) is 45.6 Å². The van der Waals surface area contributed by atoms with Gasteiger partial charge in [0.1, 0.15) is 5.69 Å². The lowest BCUT2D eigenvalue weighted by atomic mass is 10.1. The molecule has 1 aliphatic rings. The van der Waals surface area contributed by atoms with E-state index >= 15 is 0 Å². The van der Waals surface area contributed by atoms with Crippen molar-refractivity contribution in [3.8, 4) is 16.2 Å². The Morgan fingerprint density at radius 1 is 1.24 bits per heavy atom. The SMILES string of the molecule is C[C@@H]1CN(C(=O)c2cc(-c3cc(F)c(F)c(O)c3F)sn2)C[C@H](C)O1. The standard InChI is InChI=1S/C16H15F3N2O3S/c1-7-5-21(6-8(2)24-7)16(23)11-4-12(25-20-11)9-3-10(17)14(19)15(22)13(9)18/h3-4,7-8,22H,5-6H2,1-2H3/t7-,8+. The maximum Gasteiger partial charge on any atom is 0.273 e. The van der Waals surface area contributed by atoms with Gasteiger partial charge in [0.05, 0.1) is 17.1 Å². The Morgan fingerprint density at radius 3 is 2.52 bits per heavy atom. The van der Waals surface area contributed by atoms with Gasteiger partial charge in [0, 0.05) is 18.7 Å². The minimum atomic E-state index is -1.65. The molecule has 0 bridgehead atoms. The smallest absolute Gasteiger partial charge is 0.273 e. The number of ether oxygens (including phenoxy) is 1. The second-order valence-electron chi connectivity index (χ2n) is 5.93. The molecule has 25 heavy (non-hydrogen) atoms. The quantitative estimate of drug-likeness (QED) is 0.823. The molecule has 1 saturated heterocycles. The lowest BCUT2D eigenvalue weighted by Crippen LogP contribution is -2.48. The molecule has 0 radical (unpaired) electrons. The number of morpholine rings is 1. The third-order valence-corrected chi connectivity index (χ3v) is 4.66. The normalized spacial score (nSPS) is 20.8. The van der Waals surface area contributed by atoms with Gasteiger partial charge in [-0.05, 0) is 37.5 Å². The molecule has 1 aliphatic heterocycles. The van der Waals surface area contributed by atoms with Crippen LogP contribution >= 0.6 is 11.5 Å². The number of amides is 1. The number of benzene rings is 1. The van der Waals surface area contributed by atoms with Gasteiger partial charge in [-0.15, -0.1) is 0 Å². The molecule has 1 amide bonds. The number of phenolic OH excluding ortho intramolecular Hbond substituents is 1. The molecular weight excluding hydrogens is 357 g/mol. The van der Waals surface area contributed by atoms with E-state index in [-0.39, 0.29) is 34.2 Å². The summed E-state index contributed by atoms with van der Waals surface area (Å²) in [5.41, 5.74) is -0.276. The average molecular weight is 372 g/mol. The van der Waals surface area contributed by atoms with Crippen LogP contribution in [0.1, 0.15) is 24.3 Å². The van der Waals surface area contributed by atoms with Crippen molar-refractivity contribution in [1.29, 1.82) is 0 Å². The van der Waals surface area contributed by atoms with Crippen LogP contribution < -0.4 is 0 Å². The fraction of sp³-hybridized carbons (Fsp3) is 0.375. The molecule has 1 fully saturated rings. The fourth-order valence-electron chi connectivity index (χ4n) is 2.78. The maximum absolute atomic E-state index is 14.0. The highest BCUT2D eigenvalue weighted by atomic mass is 32.1. The third kappa shape index (κ3) is 3.34. The van der Waals surface area contributed by atoms with Crippen molar-refractivity contribution in [3.63, 3.8) is 0 Å². The summed E-state index contributed by atoms with van der Waals surface area (Å²) in [7, 11) is 0. The number of carbonyl (C=O) groups excluding carboxylic acids is 1. The summed E-state index contributed by atoms with van der Waals surface area (Å²) in [5.74, 6) is -6.08. The van der Waals surface area contributed by atoms with Crippen LogP contribution in [0.15, 0.2) is 12.1 Å². The summed E-state index contributed by atoms with van der Waals surface area (Å²) in [6, 6.07) is 1.93. The number of aromatic hydroxyl groups is 1. The molecule has 0 spiro atoms. The van der Waals surface area contributed by atoms with Crippen LogP contribution in [0.3, 0.4) is 0 Å². The summed E-state index contributed by atoms with van der Waals surface area (Å²) < 4.78 is 50.2. The fourth-order valence-corrected chi connectivity index (χ4v) is 3.52. The number of aromatic nitrogens is 1. The third-order valence-electron chi connectivity index (χ3n) is 3.83. The van der Waals surface area contributed by atoms with Gasteiger partial charge in [0.2, 0.25) is 5.82 Å². The van der Waals surface area contributed by atoms with E-state index in [4.69, 9.17) is 4.74 Å². The monoisotopic (exact) mass is 372 g/mol. The van der Waals surface area contributed by atoms with Crippen molar-refractivity contribution >= 4 is 17.4 Å². The van der Waals surface area contributed by atoms with Crippen molar-refractivity contribution < 1.29 is 27.8 Å². The Hall–Kier alpha value is -2.13. The molecule has 0 unspecified atom stereocenters. The number of halogens is 3. The first-order chi connectivity index (χ1) is 11.8. The van der Waals surface area contributed by atoms with Gasteiger partial charge >= 0.3 is 0 Å². The zero-order chi connectivity index (χ0) is 18.3. The highest BCUT2D eigenvalue weighted by Gasteiger charge is 2.28. The Balaban J connectivity index is 1.89. The van der Waals surface area contributed by atoms with Crippen LogP contribution in [0.4, 0.5) is 13.2 Å². The van der Waals surface area contributed by atoms with E-state index in [9.17, 15) is 23.1 Å². The predicted octanol–water partition coefficient (Wildman–Crippen LogP) is 3.18. The van der Waals surface area contributed by atoms with E-state index < -0.39 is 23.2 Å². The van der Waals surface area contributed by atoms with E-state index in [0.29, 0.717) is 19.2 Å². The number of hydrogen-bond donors (Lipinski definition) is 1. The average Bonchev–Trinajstić information content (AvgIpc) is 3.04. The number of carbonyl (C=O) groups is 1. The second-order valence-corrected chi connectivity index (χ2v) is 6.73. The summed E-state index contributed by atoms with van der Waals surface area (Å²) in [4.78, 5) is 14.2. The Morgan fingerprint density at radius 2 is 1.88 bits per heavy atom. The molecule has 3 rings (SSSR count). The summed E-state index contributed by atoms with van der Waals surface area (Å²) >= 11 is 0.765. The van der Waals surface area contributed by atoms with Crippen molar-refractivity contribution in [2.45, 2.75) is 26.1 Å². The van der Waals surface area contributed by atoms with Crippen molar-refractivity contribution in [1.82, 2.24) is 9.27 Å². The molecule has 2 heterocycles. The minimum absolute atomic E-state index is 0.0740. The number of hydrogen-bond acceptors (Lipinski definition) is 5. The van der Waals surface area contributed by atoms with Crippen molar-refractivity contribution in [2.75, 3.05) is 13.1 Å². The molecule has 1 aromatic heterocycles. The molecule has 134 valence electrons. The molecule has 1 N–H and O–H groups in total. The lowest BCUT2D eigenvalue weighted by Gasteiger charge is -2.34. The first-order valence-electron chi connectivity index (χ1n) is 7.56. The zero-order valence-electron chi connectivity index (χ0n) is 13.4. The Bertz CT molecular complexity index is 817. The zero-order valence-corrected chi connectivity index (χ0v) is 14.2.